The molecule has 2 rings (SSSR count). The van der Waals surface area contributed by atoms with Gasteiger partial charge >= 0.3 is 0 Å². The first-order valence-corrected chi connectivity index (χ1v) is 6.54. The number of rotatable bonds is 4. The Hall–Kier alpha value is -1.80. The molecule has 2 aromatic rings. The molecule has 2 nitrogen and oxygen atoms in total. The van der Waals surface area contributed by atoms with E-state index < -0.39 is 0 Å². The second kappa shape index (κ2) is 5.89. The summed E-state index contributed by atoms with van der Waals surface area (Å²) >= 11 is 6.06. The van der Waals surface area contributed by atoms with Crippen molar-refractivity contribution in [3.05, 3.63) is 64.2 Å². The number of carbonyl (C=O) groups excluding carboxylic acids is 1. The molecule has 0 amide bonds. The highest BCUT2D eigenvalue weighted by atomic mass is 35.5. The van der Waals surface area contributed by atoms with Crippen molar-refractivity contribution in [2.24, 2.45) is 0 Å². The summed E-state index contributed by atoms with van der Waals surface area (Å²) in [4.78, 5) is 12.4. The highest BCUT2D eigenvalue weighted by molar-refractivity contribution is 6.35. The average molecular weight is 275 g/mol. The van der Waals surface area contributed by atoms with E-state index in [2.05, 4.69) is 0 Å². The Morgan fingerprint density at radius 1 is 1.16 bits per heavy atom. The molecule has 0 aliphatic heterocycles. The zero-order chi connectivity index (χ0) is 13.8. The SMILES string of the molecule is CCOc1ccc(C(=O)c2ccccc2Cl)c(C)c1. The fourth-order valence-electron chi connectivity index (χ4n) is 1.94. The summed E-state index contributed by atoms with van der Waals surface area (Å²) in [6, 6.07) is 12.5. The number of aryl methyl sites for hydroxylation is 1. The van der Waals surface area contributed by atoms with Crippen molar-refractivity contribution >= 4 is 17.4 Å². The maximum Gasteiger partial charge on any atom is 0.194 e. The predicted molar refractivity (Wildman–Crippen MR) is 77.2 cm³/mol. The number of hydrogen-bond donors (Lipinski definition) is 0. The molecule has 19 heavy (non-hydrogen) atoms. The summed E-state index contributed by atoms with van der Waals surface area (Å²) in [6.45, 7) is 4.43. The first-order valence-electron chi connectivity index (χ1n) is 6.16. The van der Waals surface area contributed by atoms with E-state index in [9.17, 15) is 4.79 Å². The molecule has 0 saturated carbocycles. The van der Waals surface area contributed by atoms with Crippen molar-refractivity contribution in [3.8, 4) is 5.75 Å². The minimum atomic E-state index is -0.0638. The molecular weight excluding hydrogens is 260 g/mol. The van der Waals surface area contributed by atoms with Crippen LogP contribution in [0.15, 0.2) is 42.5 Å². The number of ketones is 1. The van der Waals surface area contributed by atoms with Crippen LogP contribution in [-0.4, -0.2) is 12.4 Å². The van der Waals surface area contributed by atoms with Gasteiger partial charge in [-0.2, -0.15) is 0 Å². The molecular formula is C16H15ClO2. The predicted octanol–water partition coefficient (Wildman–Crippen LogP) is 4.28. The van der Waals surface area contributed by atoms with Gasteiger partial charge in [0.05, 0.1) is 11.6 Å². The maximum absolute atomic E-state index is 12.4. The Balaban J connectivity index is 2.37. The largest absolute Gasteiger partial charge is 0.494 e. The molecule has 0 aliphatic carbocycles. The van der Waals surface area contributed by atoms with Crippen molar-refractivity contribution < 1.29 is 9.53 Å². The van der Waals surface area contributed by atoms with Gasteiger partial charge in [0.1, 0.15) is 5.75 Å². The number of benzene rings is 2. The maximum atomic E-state index is 12.4. The third kappa shape index (κ3) is 2.96. The molecule has 0 bridgehead atoms. The van der Waals surface area contributed by atoms with Gasteiger partial charge in [-0.3, -0.25) is 4.79 Å². The molecule has 0 spiro atoms. The van der Waals surface area contributed by atoms with E-state index in [4.69, 9.17) is 16.3 Å². The Labute approximate surface area is 118 Å². The van der Waals surface area contributed by atoms with Crippen LogP contribution >= 0.6 is 11.6 Å². The quantitative estimate of drug-likeness (QED) is 0.778. The molecule has 0 radical (unpaired) electrons. The second-order valence-electron chi connectivity index (χ2n) is 4.22. The van der Waals surface area contributed by atoms with E-state index in [-0.39, 0.29) is 5.78 Å². The van der Waals surface area contributed by atoms with Gasteiger partial charge in [0.15, 0.2) is 5.78 Å². The molecule has 0 atom stereocenters. The molecule has 2 aromatic carbocycles. The summed E-state index contributed by atoms with van der Waals surface area (Å²) in [5, 5.41) is 0.473. The number of carbonyl (C=O) groups is 1. The van der Waals surface area contributed by atoms with Crippen LogP contribution in [-0.2, 0) is 0 Å². The third-order valence-corrected chi connectivity index (χ3v) is 3.20. The molecule has 0 aromatic heterocycles. The van der Waals surface area contributed by atoms with Crippen molar-refractivity contribution in [2.75, 3.05) is 6.61 Å². The summed E-state index contributed by atoms with van der Waals surface area (Å²) in [6.07, 6.45) is 0. The number of hydrogen-bond acceptors (Lipinski definition) is 2. The van der Waals surface area contributed by atoms with Gasteiger partial charge in [0.2, 0.25) is 0 Å². The van der Waals surface area contributed by atoms with Gasteiger partial charge in [0, 0.05) is 11.1 Å². The normalized spacial score (nSPS) is 10.3. The number of halogens is 1. The van der Waals surface area contributed by atoms with Gasteiger partial charge in [-0.1, -0.05) is 23.7 Å². The van der Waals surface area contributed by atoms with Gasteiger partial charge in [-0.15, -0.1) is 0 Å². The minimum absolute atomic E-state index is 0.0638. The van der Waals surface area contributed by atoms with Crippen molar-refractivity contribution in [1.82, 2.24) is 0 Å². The lowest BCUT2D eigenvalue weighted by Gasteiger charge is -2.09. The van der Waals surface area contributed by atoms with E-state index in [0.717, 1.165) is 11.3 Å². The molecule has 0 heterocycles. The van der Waals surface area contributed by atoms with Crippen molar-refractivity contribution in [1.29, 1.82) is 0 Å². The van der Waals surface area contributed by atoms with Gasteiger partial charge < -0.3 is 4.74 Å². The Kier molecular flexibility index (Phi) is 4.23. The molecule has 0 N–H and O–H groups in total. The van der Waals surface area contributed by atoms with Crippen LogP contribution in [0, 0.1) is 6.92 Å². The average Bonchev–Trinajstić information content (AvgIpc) is 2.39. The highest BCUT2D eigenvalue weighted by Gasteiger charge is 2.14. The zero-order valence-electron chi connectivity index (χ0n) is 10.9. The van der Waals surface area contributed by atoms with Crippen LogP contribution in [0.2, 0.25) is 5.02 Å². The zero-order valence-corrected chi connectivity index (χ0v) is 11.7. The molecule has 98 valence electrons. The molecule has 3 heteroatoms. The smallest absolute Gasteiger partial charge is 0.194 e. The van der Waals surface area contributed by atoms with Crippen molar-refractivity contribution in [2.45, 2.75) is 13.8 Å². The fourth-order valence-corrected chi connectivity index (χ4v) is 2.16. The van der Waals surface area contributed by atoms with Crippen molar-refractivity contribution in [3.63, 3.8) is 0 Å². The van der Waals surface area contributed by atoms with Crippen LogP contribution in [0.5, 0.6) is 5.75 Å². The number of ether oxygens (including phenoxy) is 1. The third-order valence-electron chi connectivity index (χ3n) is 2.87. The highest BCUT2D eigenvalue weighted by Crippen LogP contribution is 2.23. The minimum Gasteiger partial charge on any atom is -0.494 e. The molecule has 0 fully saturated rings. The van der Waals surface area contributed by atoms with E-state index in [0.29, 0.717) is 22.8 Å². The van der Waals surface area contributed by atoms with Crippen LogP contribution in [0.3, 0.4) is 0 Å². The summed E-state index contributed by atoms with van der Waals surface area (Å²) in [7, 11) is 0. The first-order chi connectivity index (χ1) is 9.13. The molecule has 0 unspecified atom stereocenters. The van der Waals surface area contributed by atoms with Crippen LogP contribution in [0.1, 0.15) is 28.4 Å². The van der Waals surface area contributed by atoms with Crippen LogP contribution in [0.4, 0.5) is 0 Å². The van der Waals surface area contributed by atoms with Crippen LogP contribution in [0.25, 0.3) is 0 Å². The molecule has 0 aliphatic rings. The topological polar surface area (TPSA) is 26.3 Å². The van der Waals surface area contributed by atoms with E-state index in [1.165, 1.54) is 0 Å². The lowest BCUT2D eigenvalue weighted by Crippen LogP contribution is -2.05. The standard InChI is InChI=1S/C16H15ClO2/c1-3-19-12-8-9-13(11(2)10-12)16(18)14-6-4-5-7-15(14)17/h4-10H,3H2,1-2H3. The summed E-state index contributed by atoms with van der Waals surface area (Å²) in [5.41, 5.74) is 2.06. The molecule has 0 saturated heterocycles. The lowest BCUT2D eigenvalue weighted by atomic mass is 9.99. The van der Waals surface area contributed by atoms with E-state index in [1.54, 1.807) is 24.3 Å². The first kappa shape index (κ1) is 13.6. The van der Waals surface area contributed by atoms with E-state index in [1.807, 2.05) is 32.0 Å². The van der Waals surface area contributed by atoms with E-state index >= 15 is 0 Å². The lowest BCUT2D eigenvalue weighted by molar-refractivity contribution is 0.103. The Morgan fingerprint density at radius 3 is 2.53 bits per heavy atom. The monoisotopic (exact) mass is 274 g/mol. The van der Waals surface area contributed by atoms with Crippen LogP contribution < -0.4 is 4.74 Å². The fraction of sp³-hybridized carbons (Fsp3) is 0.188. The Morgan fingerprint density at radius 2 is 1.89 bits per heavy atom. The summed E-state index contributed by atoms with van der Waals surface area (Å²) in [5.74, 6) is 0.710. The summed E-state index contributed by atoms with van der Waals surface area (Å²) < 4.78 is 5.41. The second-order valence-corrected chi connectivity index (χ2v) is 4.63. The Bertz CT molecular complexity index is 605. The van der Waals surface area contributed by atoms with Gasteiger partial charge in [-0.25, -0.2) is 0 Å². The van der Waals surface area contributed by atoms with Gasteiger partial charge in [0.25, 0.3) is 0 Å². The van der Waals surface area contributed by atoms with Gasteiger partial charge in [-0.05, 0) is 49.7 Å².